The largest absolute Gasteiger partial charge is 0.618 e. The van der Waals surface area contributed by atoms with Gasteiger partial charge in [-0.15, -0.1) is 9.48 Å². The fourth-order valence-electron chi connectivity index (χ4n) is 2.18. The maximum atomic E-state index is 12.2. The lowest BCUT2D eigenvalue weighted by Crippen LogP contribution is -2.49. The minimum atomic E-state index is -1.30. The van der Waals surface area contributed by atoms with Crippen LogP contribution in [0.1, 0.15) is 26.7 Å². The molecule has 102 valence electrons. The molecule has 1 aromatic carbocycles. The maximum Gasteiger partial charge on any atom is 0.369 e. The first-order valence-corrected chi connectivity index (χ1v) is 6.20. The molecule has 0 spiro atoms. The molecule has 0 fully saturated rings. The molecule has 0 aliphatic carbocycles. The van der Waals surface area contributed by atoms with Crippen molar-refractivity contribution in [2.75, 3.05) is 6.61 Å². The van der Waals surface area contributed by atoms with Crippen LogP contribution in [-0.4, -0.2) is 18.2 Å². The highest BCUT2D eigenvalue weighted by Gasteiger charge is 2.47. The molecule has 0 aromatic heterocycles. The van der Waals surface area contributed by atoms with Crippen molar-refractivity contribution >= 4 is 5.97 Å². The summed E-state index contributed by atoms with van der Waals surface area (Å²) in [6.45, 7) is 3.54. The standard InChI is InChI=1S/C13H16N2O4/c1-3-19-12(16)8-9-13(2)14(17)10-6-4-5-7-11(10)15(13)18/h4-7H,3,8-9H2,1-2H3. The van der Waals surface area contributed by atoms with Gasteiger partial charge in [0.15, 0.2) is 0 Å². The summed E-state index contributed by atoms with van der Waals surface area (Å²) in [7, 11) is 0. The Morgan fingerprint density at radius 3 is 2.26 bits per heavy atom. The van der Waals surface area contributed by atoms with Crippen molar-refractivity contribution in [2.24, 2.45) is 0 Å². The van der Waals surface area contributed by atoms with Gasteiger partial charge in [0.05, 0.1) is 26.4 Å². The van der Waals surface area contributed by atoms with E-state index in [2.05, 4.69) is 0 Å². The van der Waals surface area contributed by atoms with Crippen LogP contribution in [0, 0.1) is 10.4 Å². The molecule has 1 aromatic rings. The van der Waals surface area contributed by atoms with Crippen LogP contribution in [0.2, 0.25) is 0 Å². The highest BCUT2D eigenvalue weighted by molar-refractivity contribution is 5.69. The zero-order valence-electron chi connectivity index (χ0n) is 11.0. The van der Waals surface area contributed by atoms with Crippen LogP contribution in [0.3, 0.4) is 0 Å². The Morgan fingerprint density at radius 1 is 1.26 bits per heavy atom. The van der Waals surface area contributed by atoms with E-state index < -0.39 is 11.6 Å². The van der Waals surface area contributed by atoms with Crippen molar-refractivity contribution in [1.82, 2.24) is 9.48 Å². The summed E-state index contributed by atoms with van der Waals surface area (Å²) in [4.78, 5) is 11.4. The topological polar surface area (TPSA) is 78.4 Å². The molecule has 19 heavy (non-hydrogen) atoms. The molecule has 1 aliphatic heterocycles. The number of carbonyl (C=O) groups is 1. The van der Waals surface area contributed by atoms with E-state index in [1.165, 1.54) is 6.92 Å². The van der Waals surface area contributed by atoms with Crippen LogP contribution >= 0.6 is 0 Å². The minimum absolute atomic E-state index is 0.0375. The summed E-state index contributed by atoms with van der Waals surface area (Å²) >= 11 is 0. The number of fused-ring (bicyclic) bond motifs is 1. The molecule has 1 heterocycles. The second-order valence-corrected chi connectivity index (χ2v) is 4.60. The molecule has 1 aliphatic rings. The van der Waals surface area contributed by atoms with Crippen molar-refractivity contribution < 1.29 is 9.53 Å². The molecule has 6 nitrogen and oxygen atoms in total. The predicted molar refractivity (Wildman–Crippen MR) is 69.2 cm³/mol. The van der Waals surface area contributed by atoms with Crippen molar-refractivity contribution in [3.63, 3.8) is 0 Å². The van der Waals surface area contributed by atoms with E-state index in [1.807, 2.05) is 0 Å². The molecule has 0 radical (unpaired) electrons. The average Bonchev–Trinajstić information content (AvgIpc) is 2.61. The fraction of sp³-hybridized carbons (Fsp3) is 0.462. The third-order valence-corrected chi connectivity index (χ3v) is 3.30. The molecular weight excluding hydrogens is 248 g/mol. The molecular formula is C13H16N2O4. The SMILES string of the molecule is CCOC(=O)CCC1(C)[N+]([O-])=c2ccccc2=[N+]1[O-]. The Bertz CT molecular complexity index is 583. The average molecular weight is 264 g/mol. The van der Waals surface area contributed by atoms with Crippen LogP contribution in [0.5, 0.6) is 0 Å². The van der Waals surface area contributed by atoms with Crippen molar-refractivity contribution in [3.05, 3.63) is 45.4 Å². The summed E-state index contributed by atoms with van der Waals surface area (Å²) in [5, 5.41) is 25.1. The van der Waals surface area contributed by atoms with Crippen LogP contribution in [0.15, 0.2) is 24.3 Å². The van der Waals surface area contributed by atoms with Gasteiger partial charge in [0.25, 0.3) is 10.7 Å². The number of rotatable bonds is 4. The van der Waals surface area contributed by atoms with Gasteiger partial charge >= 0.3 is 11.6 Å². The third kappa shape index (κ3) is 2.14. The fourth-order valence-corrected chi connectivity index (χ4v) is 2.18. The lowest BCUT2D eigenvalue weighted by molar-refractivity contribution is -0.143. The summed E-state index contributed by atoms with van der Waals surface area (Å²) < 4.78 is 6.16. The van der Waals surface area contributed by atoms with Crippen LogP contribution in [-0.2, 0) is 9.53 Å². The number of nitrogens with zero attached hydrogens (tertiary/aromatic N) is 2. The van der Waals surface area contributed by atoms with Gasteiger partial charge in [-0.1, -0.05) is 12.1 Å². The Balaban J connectivity index is 2.31. The normalized spacial score (nSPS) is 16.3. The molecule has 0 amide bonds. The van der Waals surface area contributed by atoms with Crippen molar-refractivity contribution in [1.29, 1.82) is 0 Å². The molecule has 2 rings (SSSR count). The van der Waals surface area contributed by atoms with Crippen LogP contribution in [0.25, 0.3) is 0 Å². The van der Waals surface area contributed by atoms with E-state index in [4.69, 9.17) is 4.74 Å². The summed E-state index contributed by atoms with van der Waals surface area (Å²) in [5.74, 6) is -0.401. The zero-order chi connectivity index (χ0) is 14.0. The third-order valence-electron chi connectivity index (χ3n) is 3.30. The molecule has 0 saturated heterocycles. The lowest BCUT2D eigenvalue weighted by Gasteiger charge is -2.21. The molecule has 0 unspecified atom stereocenters. The van der Waals surface area contributed by atoms with Gasteiger partial charge in [0.1, 0.15) is 0 Å². The quantitative estimate of drug-likeness (QED) is 0.426. The number of esters is 1. The summed E-state index contributed by atoms with van der Waals surface area (Å²) in [5.41, 5.74) is -1.30. The second-order valence-electron chi connectivity index (χ2n) is 4.60. The van der Waals surface area contributed by atoms with E-state index >= 15 is 0 Å². The number of benzene rings is 1. The maximum absolute atomic E-state index is 12.2. The number of hydrogen-bond acceptors (Lipinski definition) is 4. The first-order valence-electron chi connectivity index (χ1n) is 6.20. The second kappa shape index (κ2) is 4.87. The van der Waals surface area contributed by atoms with Crippen LogP contribution < -0.4 is 20.2 Å². The van der Waals surface area contributed by atoms with Crippen molar-refractivity contribution in [2.45, 2.75) is 32.4 Å². The highest BCUT2D eigenvalue weighted by Crippen LogP contribution is 2.16. The molecule has 0 bridgehead atoms. The number of carbonyl (C=O) groups excluding carboxylic acids is 1. The van der Waals surface area contributed by atoms with E-state index in [0.29, 0.717) is 20.2 Å². The van der Waals surface area contributed by atoms with E-state index in [9.17, 15) is 15.2 Å². The lowest BCUT2D eigenvalue weighted by atomic mass is 10.1. The minimum Gasteiger partial charge on any atom is -0.618 e. The number of hydrogen-bond donors (Lipinski definition) is 0. The zero-order valence-corrected chi connectivity index (χ0v) is 11.0. The van der Waals surface area contributed by atoms with E-state index in [-0.39, 0.29) is 19.4 Å². The van der Waals surface area contributed by atoms with E-state index in [0.717, 1.165) is 0 Å². The summed E-state index contributed by atoms with van der Waals surface area (Å²) in [6, 6.07) is 6.61. The van der Waals surface area contributed by atoms with Gasteiger partial charge in [-0.05, 0) is 6.92 Å². The molecule has 0 N–H and O–H groups in total. The molecule has 6 heteroatoms. The van der Waals surface area contributed by atoms with Gasteiger partial charge in [-0.2, -0.15) is 0 Å². The Kier molecular flexibility index (Phi) is 3.42. The van der Waals surface area contributed by atoms with Gasteiger partial charge in [-0.3, -0.25) is 4.79 Å². The Hall–Kier alpha value is -2.11. The number of ether oxygens (including phenoxy) is 1. The Morgan fingerprint density at radius 2 is 1.79 bits per heavy atom. The summed E-state index contributed by atoms with van der Waals surface area (Å²) in [6.07, 6.45) is 0.156. The first kappa shape index (κ1) is 13.3. The molecule has 0 saturated carbocycles. The predicted octanol–water partition coefficient (Wildman–Crippen LogP) is -0.262. The molecule has 0 atom stereocenters. The van der Waals surface area contributed by atoms with Gasteiger partial charge in [0.2, 0.25) is 0 Å². The van der Waals surface area contributed by atoms with E-state index in [1.54, 1.807) is 31.2 Å². The highest BCUT2D eigenvalue weighted by atomic mass is 16.5. The number of para-hydroxylation sites is 2. The van der Waals surface area contributed by atoms with Gasteiger partial charge < -0.3 is 15.2 Å². The van der Waals surface area contributed by atoms with Gasteiger partial charge in [0, 0.05) is 12.1 Å². The van der Waals surface area contributed by atoms with Crippen LogP contribution in [0.4, 0.5) is 0 Å². The Labute approximate surface area is 110 Å². The smallest absolute Gasteiger partial charge is 0.369 e. The first-order chi connectivity index (χ1) is 9.00. The monoisotopic (exact) mass is 264 g/mol. The van der Waals surface area contributed by atoms with Gasteiger partial charge in [-0.25, -0.2) is 0 Å². The van der Waals surface area contributed by atoms with Crippen molar-refractivity contribution in [3.8, 4) is 0 Å². The number of hydroxylamine groups is 2.